The first-order chi connectivity index (χ1) is 5.99. The quantitative estimate of drug-likeness (QED) is 0.603. The zero-order valence-corrected chi connectivity index (χ0v) is 8.53. The van der Waals surface area contributed by atoms with Gasteiger partial charge in [0.15, 0.2) is 0 Å². The molecule has 0 saturated carbocycles. The Balaban J connectivity index is 0.000000252. The molecule has 4 heteroatoms. The van der Waals surface area contributed by atoms with E-state index in [2.05, 4.69) is 0 Å². The lowest BCUT2D eigenvalue weighted by atomic mass is 10.1. The van der Waals surface area contributed by atoms with Gasteiger partial charge in [-0.25, -0.2) is 0 Å². The number of likely N-dealkylation sites (tertiary alicyclic amines) is 1. The van der Waals surface area contributed by atoms with E-state index in [9.17, 15) is 4.79 Å². The smallest absolute Gasteiger partial charge is 0.225 e. The summed E-state index contributed by atoms with van der Waals surface area (Å²) in [5.41, 5.74) is 0. The average Bonchev–Trinajstić information content (AvgIpc) is 2.37. The standard InChI is InChI=1S/C6H11NO.C3H8O2/c1-5-3-4-7(2)6(5)8;1-3(5)2-4/h5H,3-4H2,1-2H3;3-5H,2H2,1H3. The molecule has 0 bridgehead atoms. The van der Waals surface area contributed by atoms with Crippen LogP contribution in [0, 0.1) is 5.92 Å². The normalized spacial score (nSPS) is 23.9. The van der Waals surface area contributed by atoms with Crippen molar-refractivity contribution < 1.29 is 15.0 Å². The summed E-state index contributed by atoms with van der Waals surface area (Å²) in [6, 6.07) is 0. The molecule has 0 radical (unpaired) electrons. The molecule has 1 heterocycles. The van der Waals surface area contributed by atoms with Crippen molar-refractivity contribution in [2.75, 3.05) is 20.2 Å². The third-order valence-corrected chi connectivity index (χ3v) is 1.96. The van der Waals surface area contributed by atoms with Gasteiger partial charge in [-0.05, 0) is 13.3 Å². The van der Waals surface area contributed by atoms with Gasteiger partial charge in [-0.3, -0.25) is 4.79 Å². The van der Waals surface area contributed by atoms with E-state index in [1.54, 1.807) is 4.90 Å². The predicted molar refractivity (Wildman–Crippen MR) is 50.2 cm³/mol. The molecule has 1 amide bonds. The third kappa shape index (κ3) is 4.85. The van der Waals surface area contributed by atoms with E-state index in [1.165, 1.54) is 6.92 Å². The number of hydrogen-bond donors (Lipinski definition) is 2. The molecule has 13 heavy (non-hydrogen) atoms. The average molecular weight is 189 g/mol. The second-order valence-corrected chi connectivity index (χ2v) is 3.48. The minimum absolute atomic E-state index is 0.139. The molecule has 2 unspecified atom stereocenters. The van der Waals surface area contributed by atoms with Crippen LogP contribution in [0.2, 0.25) is 0 Å². The van der Waals surface area contributed by atoms with Crippen LogP contribution in [0.5, 0.6) is 0 Å². The Bertz CT molecular complexity index is 147. The Morgan fingerprint density at radius 3 is 2.23 bits per heavy atom. The molecule has 1 aliphatic heterocycles. The fourth-order valence-corrected chi connectivity index (χ4v) is 0.997. The topological polar surface area (TPSA) is 60.8 Å². The van der Waals surface area contributed by atoms with Crippen molar-refractivity contribution in [2.24, 2.45) is 5.92 Å². The Kier molecular flexibility index (Phi) is 5.66. The first-order valence-corrected chi connectivity index (χ1v) is 4.53. The molecule has 1 rings (SSSR count). The van der Waals surface area contributed by atoms with E-state index in [0.29, 0.717) is 5.91 Å². The number of aliphatic hydroxyl groups is 2. The van der Waals surface area contributed by atoms with Crippen molar-refractivity contribution >= 4 is 5.91 Å². The maximum atomic E-state index is 10.8. The molecule has 0 aromatic heterocycles. The molecule has 1 aliphatic rings. The third-order valence-electron chi connectivity index (χ3n) is 1.96. The fourth-order valence-electron chi connectivity index (χ4n) is 0.997. The summed E-state index contributed by atoms with van der Waals surface area (Å²) in [6.07, 6.45) is 0.477. The molecule has 0 aliphatic carbocycles. The first kappa shape index (κ1) is 12.4. The van der Waals surface area contributed by atoms with E-state index >= 15 is 0 Å². The molecule has 0 aromatic carbocycles. The van der Waals surface area contributed by atoms with Crippen LogP contribution in [-0.4, -0.2) is 47.3 Å². The van der Waals surface area contributed by atoms with Gasteiger partial charge in [0.25, 0.3) is 0 Å². The summed E-state index contributed by atoms with van der Waals surface area (Å²) < 4.78 is 0. The van der Waals surface area contributed by atoms with Crippen LogP contribution in [-0.2, 0) is 4.79 Å². The van der Waals surface area contributed by atoms with Crippen LogP contribution in [0.1, 0.15) is 20.3 Å². The SMILES string of the molecule is CC(O)CO.CC1CCN(C)C1=O. The monoisotopic (exact) mass is 189 g/mol. The Labute approximate surface area is 79.2 Å². The molecule has 1 fully saturated rings. The lowest BCUT2D eigenvalue weighted by Gasteiger charge is -2.05. The predicted octanol–water partition coefficient (Wildman–Crippen LogP) is -0.156. The number of aliphatic hydroxyl groups excluding tert-OH is 2. The van der Waals surface area contributed by atoms with E-state index < -0.39 is 6.10 Å². The number of carbonyl (C=O) groups is 1. The molecule has 4 nitrogen and oxygen atoms in total. The second kappa shape index (κ2) is 5.94. The van der Waals surface area contributed by atoms with E-state index in [4.69, 9.17) is 10.2 Å². The lowest BCUT2D eigenvalue weighted by molar-refractivity contribution is -0.129. The van der Waals surface area contributed by atoms with Gasteiger partial charge >= 0.3 is 0 Å². The van der Waals surface area contributed by atoms with Crippen molar-refractivity contribution in [3.63, 3.8) is 0 Å². The largest absolute Gasteiger partial charge is 0.394 e. The number of amides is 1. The maximum absolute atomic E-state index is 10.8. The minimum atomic E-state index is -0.560. The zero-order chi connectivity index (χ0) is 10.4. The fraction of sp³-hybridized carbons (Fsp3) is 0.889. The lowest BCUT2D eigenvalue weighted by Crippen LogP contribution is -2.21. The second-order valence-electron chi connectivity index (χ2n) is 3.48. The molecule has 0 aromatic rings. The van der Waals surface area contributed by atoms with Crippen molar-refractivity contribution in [3.8, 4) is 0 Å². The summed E-state index contributed by atoms with van der Waals surface area (Å²) >= 11 is 0. The van der Waals surface area contributed by atoms with Gasteiger partial charge in [-0.2, -0.15) is 0 Å². The summed E-state index contributed by atoms with van der Waals surface area (Å²) in [6.45, 7) is 4.31. The van der Waals surface area contributed by atoms with Gasteiger partial charge in [-0.1, -0.05) is 6.92 Å². The van der Waals surface area contributed by atoms with Crippen LogP contribution in [0.4, 0.5) is 0 Å². The summed E-state index contributed by atoms with van der Waals surface area (Å²) in [5, 5.41) is 16.0. The summed E-state index contributed by atoms with van der Waals surface area (Å²) in [4.78, 5) is 12.6. The Morgan fingerprint density at radius 1 is 1.69 bits per heavy atom. The van der Waals surface area contributed by atoms with E-state index in [1.807, 2.05) is 14.0 Å². The van der Waals surface area contributed by atoms with Crippen LogP contribution < -0.4 is 0 Å². The molecule has 78 valence electrons. The molecule has 2 N–H and O–H groups in total. The van der Waals surface area contributed by atoms with Gasteiger partial charge < -0.3 is 15.1 Å². The molecule has 0 spiro atoms. The van der Waals surface area contributed by atoms with Crippen molar-refractivity contribution in [1.29, 1.82) is 0 Å². The van der Waals surface area contributed by atoms with Crippen molar-refractivity contribution in [1.82, 2.24) is 4.90 Å². The minimum Gasteiger partial charge on any atom is -0.394 e. The number of nitrogens with zero attached hydrogens (tertiary/aromatic N) is 1. The van der Waals surface area contributed by atoms with Crippen LogP contribution in [0.3, 0.4) is 0 Å². The molecule has 2 atom stereocenters. The Morgan fingerprint density at radius 2 is 2.15 bits per heavy atom. The number of rotatable bonds is 1. The maximum Gasteiger partial charge on any atom is 0.225 e. The molecular weight excluding hydrogens is 170 g/mol. The van der Waals surface area contributed by atoms with Gasteiger partial charge in [0.05, 0.1) is 12.7 Å². The molecular formula is C9H19NO3. The number of carbonyl (C=O) groups excluding carboxylic acids is 1. The first-order valence-electron chi connectivity index (χ1n) is 4.53. The van der Waals surface area contributed by atoms with Gasteiger partial charge in [0.1, 0.15) is 0 Å². The zero-order valence-electron chi connectivity index (χ0n) is 8.53. The van der Waals surface area contributed by atoms with Gasteiger partial charge in [0.2, 0.25) is 5.91 Å². The van der Waals surface area contributed by atoms with Crippen LogP contribution in [0.15, 0.2) is 0 Å². The van der Waals surface area contributed by atoms with Crippen molar-refractivity contribution in [2.45, 2.75) is 26.4 Å². The van der Waals surface area contributed by atoms with Crippen LogP contribution >= 0.6 is 0 Å². The Hall–Kier alpha value is -0.610. The van der Waals surface area contributed by atoms with Gasteiger partial charge in [0, 0.05) is 19.5 Å². The number of hydrogen-bond acceptors (Lipinski definition) is 3. The molecule has 1 saturated heterocycles. The highest BCUT2D eigenvalue weighted by molar-refractivity contribution is 5.80. The highest BCUT2D eigenvalue weighted by Crippen LogP contribution is 2.13. The van der Waals surface area contributed by atoms with E-state index in [-0.39, 0.29) is 12.5 Å². The highest BCUT2D eigenvalue weighted by Gasteiger charge is 2.23. The highest BCUT2D eigenvalue weighted by atomic mass is 16.3. The summed E-state index contributed by atoms with van der Waals surface area (Å²) in [7, 11) is 1.85. The van der Waals surface area contributed by atoms with Crippen molar-refractivity contribution in [3.05, 3.63) is 0 Å². The van der Waals surface area contributed by atoms with Gasteiger partial charge in [-0.15, -0.1) is 0 Å². The van der Waals surface area contributed by atoms with Crippen LogP contribution in [0.25, 0.3) is 0 Å². The van der Waals surface area contributed by atoms with E-state index in [0.717, 1.165) is 13.0 Å². The summed E-state index contributed by atoms with van der Waals surface area (Å²) in [5.74, 6) is 0.574.